The minimum absolute atomic E-state index is 0.0487. The number of rotatable bonds is 9. The van der Waals surface area contributed by atoms with Crippen LogP contribution in [0.2, 0.25) is 0 Å². The molecule has 0 saturated heterocycles. The first-order chi connectivity index (χ1) is 12.2. The van der Waals surface area contributed by atoms with Crippen LogP contribution in [-0.2, 0) is 9.59 Å². The van der Waals surface area contributed by atoms with Crippen molar-refractivity contribution in [2.24, 2.45) is 16.5 Å². The summed E-state index contributed by atoms with van der Waals surface area (Å²) >= 11 is 0. The summed E-state index contributed by atoms with van der Waals surface area (Å²) in [4.78, 5) is 46.6. The van der Waals surface area contributed by atoms with Crippen molar-refractivity contribution in [3.63, 3.8) is 0 Å². The monoisotopic (exact) mass is 384 g/mol. The van der Waals surface area contributed by atoms with E-state index in [1.165, 1.54) is 0 Å². The van der Waals surface area contributed by atoms with Gasteiger partial charge < -0.3 is 16.0 Å². The molecule has 0 saturated carbocycles. The molecule has 0 aliphatic heterocycles. The van der Waals surface area contributed by atoms with E-state index < -0.39 is 23.5 Å². The molecule has 3 amide bonds. The predicted molar refractivity (Wildman–Crippen MR) is 106 cm³/mol. The minimum Gasteiger partial charge on any atom is -0.345 e. The molecule has 0 spiro atoms. The molecule has 2 unspecified atom stereocenters. The Bertz CT molecular complexity index is 533. The lowest BCUT2D eigenvalue weighted by Crippen LogP contribution is -2.57. The van der Waals surface area contributed by atoms with Gasteiger partial charge >= 0.3 is 6.03 Å². The fraction of sp³-hybridized carbons (Fsp3) is 0.842. The van der Waals surface area contributed by atoms with Crippen molar-refractivity contribution in [1.82, 2.24) is 16.0 Å². The fourth-order valence-electron chi connectivity index (χ4n) is 2.59. The van der Waals surface area contributed by atoms with Crippen molar-refractivity contribution in [2.45, 2.75) is 85.9 Å². The van der Waals surface area contributed by atoms with E-state index in [4.69, 9.17) is 0 Å². The zero-order valence-electron chi connectivity index (χ0n) is 17.9. The maximum absolute atomic E-state index is 12.8. The van der Waals surface area contributed by atoms with Crippen LogP contribution in [0.1, 0.15) is 68.2 Å². The Labute approximate surface area is 162 Å². The quantitative estimate of drug-likeness (QED) is 0.417. The average molecular weight is 385 g/mol. The molecule has 156 valence electrons. The summed E-state index contributed by atoms with van der Waals surface area (Å²) in [5, 5.41) is 10.8. The van der Waals surface area contributed by atoms with E-state index in [0.29, 0.717) is 12.8 Å². The van der Waals surface area contributed by atoms with Crippen molar-refractivity contribution >= 4 is 17.7 Å². The summed E-state index contributed by atoms with van der Waals surface area (Å²) in [5.41, 5.74) is -0.863. The second-order valence-electron chi connectivity index (χ2n) is 9.26. The Kier molecular flexibility index (Phi) is 9.78. The number of ketones is 1. The molecule has 0 radical (unpaired) electrons. The Morgan fingerprint density at radius 2 is 1.56 bits per heavy atom. The van der Waals surface area contributed by atoms with E-state index in [1.54, 1.807) is 20.8 Å². The first-order valence-corrected chi connectivity index (χ1v) is 9.42. The highest BCUT2D eigenvalue weighted by Gasteiger charge is 2.33. The predicted octanol–water partition coefficient (Wildman–Crippen LogP) is 2.76. The molecule has 0 rings (SSSR count). The highest BCUT2D eigenvalue weighted by atomic mass is 16.3. The SMILES string of the molecule is CC(C)C(NC(C)(C)C)C(=O)NC(CCCNC(=O)N=O)C(=O)C(C)(C)C. The fourth-order valence-corrected chi connectivity index (χ4v) is 2.59. The van der Waals surface area contributed by atoms with Gasteiger partial charge in [0.25, 0.3) is 0 Å². The third-order valence-electron chi connectivity index (χ3n) is 3.94. The number of nitroso groups, excluding NO2 is 1. The number of nitrogens with zero attached hydrogens (tertiary/aromatic N) is 1. The van der Waals surface area contributed by atoms with Gasteiger partial charge in [-0.15, -0.1) is 4.91 Å². The number of hydrogen-bond acceptors (Lipinski definition) is 5. The van der Waals surface area contributed by atoms with Gasteiger partial charge in [0.15, 0.2) is 5.78 Å². The van der Waals surface area contributed by atoms with Gasteiger partial charge in [-0.1, -0.05) is 34.6 Å². The van der Waals surface area contributed by atoms with Gasteiger partial charge in [-0.3, -0.25) is 9.59 Å². The van der Waals surface area contributed by atoms with Crippen molar-refractivity contribution in [2.75, 3.05) is 6.54 Å². The Morgan fingerprint density at radius 3 is 1.96 bits per heavy atom. The molecule has 8 nitrogen and oxygen atoms in total. The van der Waals surface area contributed by atoms with Crippen LogP contribution < -0.4 is 16.0 Å². The van der Waals surface area contributed by atoms with Gasteiger partial charge in [-0.2, -0.15) is 0 Å². The molecule has 2 atom stereocenters. The zero-order valence-corrected chi connectivity index (χ0v) is 17.9. The maximum Gasteiger partial charge on any atom is 0.378 e. The van der Waals surface area contributed by atoms with Crippen molar-refractivity contribution in [1.29, 1.82) is 0 Å². The number of carbonyl (C=O) groups is 3. The van der Waals surface area contributed by atoms with Gasteiger partial charge in [0.1, 0.15) is 0 Å². The Balaban J connectivity index is 5.14. The van der Waals surface area contributed by atoms with Crippen molar-refractivity contribution < 1.29 is 14.4 Å². The Hall–Kier alpha value is -1.83. The standard InChI is InChI=1S/C19H36N4O4/c1-12(2)14(22-19(6,7)8)16(25)21-13(15(24)18(3,4)5)10-9-11-20-17(26)23-27/h12-14,22H,9-11H2,1-8H3,(H,20,26)(H,21,25). The van der Waals surface area contributed by atoms with E-state index in [0.717, 1.165) is 0 Å². The summed E-state index contributed by atoms with van der Waals surface area (Å²) in [6.07, 6.45) is 0.800. The van der Waals surface area contributed by atoms with Crippen molar-refractivity contribution in [3.8, 4) is 0 Å². The second kappa shape index (κ2) is 10.5. The number of Topliss-reactive ketones (excluding diaryl/α,β-unsaturated/α-hetero) is 1. The first-order valence-electron chi connectivity index (χ1n) is 9.42. The summed E-state index contributed by atoms with van der Waals surface area (Å²) < 4.78 is 0. The van der Waals surface area contributed by atoms with E-state index in [1.807, 2.05) is 34.6 Å². The number of amides is 3. The molecular weight excluding hydrogens is 348 g/mol. The molecular formula is C19H36N4O4. The molecule has 3 N–H and O–H groups in total. The molecule has 0 aromatic carbocycles. The summed E-state index contributed by atoms with van der Waals surface area (Å²) in [6, 6.07) is -2.03. The maximum atomic E-state index is 12.8. The highest BCUT2D eigenvalue weighted by Crippen LogP contribution is 2.19. The number of urea groups is 1. The average Bonchev–Trinajstić information content (AvgIpc) is 2.52. The molecule has 27 heavy (non-hydrogen) atoms. The van der Waals surface area contributed by atoms with Crippen molar-refractivity contribution in [3.05, 3.63) is 4.91 Å². The van der Waals surface area contributed by atoms with E-state index in [2.05, 4.69) is 21.1 Å². The highest BCUT2D eigenvalue weighted by molar-refractivity contribution is 5.93. The molecule has 0 aromatic heterocycles. The summed E-state index contributed by atoms with van der Waals surface area (Å²) in [7, 11) is 0. The lowest BCUT2D eigenvalue weighted by atomic mass is 9.84. The third kappa shape index (κ3) is 10.2. The van der Waals surface area contributed by atoms with Crippen LogP contribution in [0.4, 0.5) is 4.79 Å². The topological polar surface area (TPSA) is 117 Å². The van der Waals surface area contributed by atoms with E-state index in [9.17, 15) is 19.3 Å². The zero-order chi connectivity index (χ0) is 21.4. The second-order valence-corrected chi connectivity index (χ2v) is 9.26. The molecule has 0 aliphatic carbocycles. The normalized spacial score (nSPS) is 14.4. The first kappa shape index (κ1) is 25.2. The molecule has 0 bridgehead atoms. The van der Waals surface area contributed by atoms with Gasteiger partial charge in [0.2, 0.25) is 5.91 Å². The number of nitrogens with one attached hydrogen (secondary N) is 3. The van der Waals surface area contributed by atoms with Crippen LogP contribution in [0.5, 0.6) is 0 Å². The van der Waals surface area contributed by atoms with Gasteiger partial charge in [0.05, 0.1) is 12.1 Å². The summed E-state index contributed by atoms with van der Waals surface area (Å²) in [6.45, 7) is 15.5. The third-order valence-corrected chi connectivity index (χ3v) is 3.94. The van der Waals surface area contributed by atoms with Crippen LogP contribution in [-0.4, -0.2) is 41.9 Å². The number of carbonyl (C=O) groups excluding carboxylic acids is 3. The van der Waals surface area contributed by atoms with Gasteiger partial charge in [0, 0.05) is 22.7 Å². The lowest BCUT2D eigenvalue weighted by Gasteiger charge is -2.32. The molecule has 8 heteroatoms. The molecule has 0 aromatic rings. The van der Waals surface area contributed by atoms with Gasteiger partial charge in [-0.05, 0) is 39.5 Å². The van der Waals surface area contributed by atoms with Crippen LogP contribution in [0.15, 0.2) is 5.18 Å². The molecule has 0 heterocycles. The summed E-state index contributed by atoms with van der Waals surface area (Å²) in [5.74, 6) is -0.248. The molecule has 0 fully saturated rings. The number of hydrogen-bond donors (Lipinski definition) is 3. The van der Waals surface area contributed by atoms with Crippen LogP contribution in [0.3, 0.4) is 0 Å². The van der Waals surface area contributed by atoms with Crippen LogP contribution >= 0.6 is 0 Å². The smallest absolute Gasteiger partial charge is 0.345 e. The largest absolute Gasteiger partial charge is 0.378 e. The van der Waals surface area contributed by atoms with E-state index in [-0.39, 0.29) is 29.7 Å². The van der Waals surface area contributed by atoms with Crippen LogP contribution in [0.25, 0.3) is 0 Å². The minimum atomic E-state index is -0.938. The lowest BCUT2D eigenvalue weighted by molar-refractivity contribution is -0.134. The Morgan fingerprint density at radius 1 is 1.00 bits per heavy atom. The van der Waals surface area contributed by atoms with E-state index >= 15 is 0 Å². The van der Waals surface area contributed by atoms with Gasteiger partial charge in [-0.25, -0.2) is 4.79 Å². The van der Waals surface area contributed by atoms with Crippen LogP contribution in [0, 0.1) is 16.2 Å². The molecule has 0 aliphatic rings.